The molecule has 0 aromatic heterocycles. The Hall–Kier alpha value is -0.610. The van der Waals surface area contributed by atoms with Gasteiger partial charge in [-0.05, 0) is 26.7 Å². The third-order valence-electron chi connectivity index (χ3n) is 2.24. The number of carbonyl (C=O) groups excluding carboxylic acids is 1. The Morgan fingerprint density at radius 3 is 2.40 bits per heavy atom. The minimum absolute atomic E-state index is 0.113. The predicted molar refractivity (Wildman–Crippen MR) is 61.5 cm³/mol. The fraction of sp³-hybridized carbons (Fsp3) is 0.909. The van der Waals surface area contributed by atoms with Gasteiger partial charge >= 0.3 is 0 Å². The lowest BCUT2D eigenvalue weighted by Gasteiger charge is -2.26. The largest absolute Gasteiger partial charge is 0.374 e. The Morgan fingerprint density at radius 2 is 2.00 bits per heavy atom. The second-order valence-corrected chi connectivity index (χ2v) is 4.68. The molecule has 0 saturated heterocycles. The lowest BCUT2D eigenvalue weighted by molar-refractivity contribution is -0.124. The molecule has 0 rings (SSSR count). The minimum atomic E-state index is -0.442. The Bertz CT molecular complexity index is 203. The topological polar surface area (TPSA) is 64.3 Å². The molecule has 4 nitrogen and oxygen atoms in total. The maximum atomic E-state index is 11.5. The Labute approximate surface area is 92.6 Å². The van der Waals surface area contributed by atoms with Gasteiger partial charge in [0, 0.05) is 13.2 Å². The molecule has 0 saturated carbocycles. The van der Waals surface area contributed by atoms with Crippen molar-refractivity contribution in [3.8, 4) is 0 Å². The van der Waals surface area contributed by atoms with E-state index in [1.54, 1.807) is 0 Å². The molecule has 1 amide bonds. The van der Waals surface area contributed by atoms with E-state index in [0.717, 1.165) is 0 Å². The third-order valence-corrected chi connectivity index (χ3v) is 2.24. The van der Waals surface area contributed by atoms with Crippen LogP contribution in [0.1, 0.15) is 34.6 Å². The first kappa shape index (κ1) is 14.4. The van der Waals surface area contributed by atoms with Crippen LogP contribution in [0.3, 0.4) is 0 Å². The molecule has 0 aromatic carbocycles. The van der Waals surface area contributed by atoms with Crippen LogP contribution in [0.5, 0.6) is 0 Å². The standard InChI is InChI=1S/C11H24N2O2/c1-6-15-11(4,5)7-13-10(14)9(12)8(2)3/h8-9H,6-7,12H2,1-5H3,(H,13,14). The molecule has 4 heteroatoms. The molecule has 0 aromatic rings. The summed E-state index contributed by atoms with van der Waals surface area (Å²) in [6, 6.07) is -0.442. The van der Waals surface area contributed by atoms with Gasteiger partial charge in [-0.1, -0.05) is 13.8 Å². The van der Waals surface area contributed by atoms with Crippen molar-refractivity contribution in [3.63, 3.8) is 0 Å². The molecular weight excluding hydrogens is 192 g/mol. The van der Waals surface area contributed by atoms with E-state index in [1.165, 1.54) is 0 Å². The summed E-state index contributed by atoms with van der Waals surface area (Å²) in [7, 11) is 0. The summed E-state index contributed by atoms with van der Waals surface area (Å²) in [5.41, 5.74) is 5.38. The van der Waals surface area contributed by atoms with E-state index >= 15 is 0 Å². The van der Waals surface area contributed by atoms with Gasteiger partial charge in [0.1, 0.15) is 0 Å². The SMILES string of the molecule is CCOC(C)(C)CNC(=O)C(N)C(C)C. The van der Waals surface area contributed by atoms with Crippen molar-refractivity contribution in [2.45, 2.75) is 46.3 Å². The van der Waals surface area contributed by atoms with Gasteiger partial charge in [-0.3, -0.25) is 4.79 Å². The molecule has 0 heterocycles. The van der Waals surface area contributed by atoms with E-state index < -0.39 is 6.04 Å². The van der Waals surface area contributed by atoms with Crippen molar-refractivity contribution in [1.82, 2.24) is 5.32 Å². The first-order chi connectivity index (χ1) is 6.80. The molecule has 90 valence electrons. The summed E-state index contributed by atoms with van der Waals surface area (Å²) in [6.45, 7) is 10.8. The Balaban J connectivity index is 4.00. The number of hydrogen-bond donors (Lipinski definition) is 2. The summed E-state index contributed by atoms with van der Waals surface area (Å²) < 4.78 is 5.46. The van der Waals surface area contributed by atoms with E-state index in [-0.39, 0.29) is 17.4 Å². The van der Waals surface area contributed by atoms with Crippen molar-refractivity contribution in [2.24, 2.45) is 11.7 Å². The highest BCUT2D eigenvalue weighted by Gasteiger charge is 2.22. The number of nitrogens with two attached hydrogens (primary N) is 1. The van der Waals surface area contributed by atoms with Gasteiger partial charge in [-0.25, -0.2) is 0 Å². The van der Waals surface area contributed by atoms with Crippen molar-refractivity contribution in [3.05, 3.63) is 0 Å². The van der Waals surface area contributed by atoms with E-state index in [0.29, 0.717) is 13.2 Å². The molecular formula is C11H24N2O2. The van der Waals surface area contributed by atoms with Gasteiger partial charge in [0.25, 0.3) is 0 Å². The highest BCUT2D eigenvalue weighted by molar-refractivity contribution is 5.81. The van der Waals surface area contributed by atoms with Gasteiger partial charge in [0.05, 0.1) is 11.6 Å². The van der Waals surface area contributed by atoms with Crippen LogP contribution < -0.4 is 11.1 Å². The molecule has 0 fully saturated rings. The average Bonchev–Trinajstić information content (AvgIpc) is 2.13. The molecule has 0 radical (unpaired) electrons. The zero-order chi connectivity index (χ0) is 12.1. The third kappa shape index (κ3) is 5.74. The number of amides is 1. The van der Waals surface area contributed by atoms with E-state index in [1.807, 2.05) is 34.6 Å². The van der Waals surface area contributed by atoms with Crippen LogP contribution in [0.2, 0.25) is 0 Å². The van der Waals surface area contributed by atoms with E-state index in [2.05, 4.69) is 5.32 Å². The monoisotopic (exact) mass is 216 g/mol. The van der Waals surface area contributed by atoms with Gasteiger partial charge in [0.2, 0.25) is 5.91 Å². The molecule has 15 heavy (non-hydrogen) atoms. The average molecular weight is 216 g/mol. The fourth-order valence-electron chi connectivity index (χ4n) is 1.16. The molecule has 0 aliphatic heterocycles. The maximum absolute atomic E-state index is 11.5. The lowest BCUT2D eigenvalue weighted by atomic mass is 10.0. The zero-order valence-corrected chi connectivity index (χ0v) is 10.5. The van der Waals surface area contributed by atoms with Gasteiger partial charge in [0.15, 0.2) is 0 Å². The van der Waals surface area contributed by atoms with Crippen LogP contribution in [-0.2, 0) is 9.53 Å². The fourth-order valence-corrected chi connectivity index (χ4v) is 1.16. The highest BCUT2D eigenvalue weighted by Crippen LogP contribution is 2.07. The molecule has 0 spiro atoms. The molecule has 1 unspecified atom stereocenters. The van der Waals surface area contributed by atoms with Crippen LogP contribution in [0.25, 0.3) is 0 Å². The van der Waals surface area contributed by atoms with Crippen molar-refractivity contribution in [1.29, 1.82) is 0 Å². The van der Waals surface area contributed by atoms with Crippen molar-refractivity contribution >= 4 is 5.91 Å². The van der Waals surface area contributed by atoms with Gasteiger partial charge < -0.3 is 15.8 Å². The number of nitrogens with one attached hydrogen (secondary N) is 1. The summed E-state index contributed by atoms with van der Waals surface area (Å²) in [4.78, 5) is 11.5. The Morgan fingerprint density at radius 1 is 1.47 bits per heavy atom. The maximum Gasteiger partial charge on any atom is 0.237 e. The first-order valence-electron chi connectivity index (χ1n) is 5.47. The molecule has 0 aliphatic carbocycles. The highest BCUT2D eigenvalue weighted by atomic mass is 16.5. The van der Waals surface area contributed by atoms with Gasteiger partial charge in [-0.15, -0.1) is 0 Å². The lowest BCUT2D eigenvalue weighted by Crippen LogP contribution is -2.48. The van der Waals surface area contributed by atoms with Crippen molar-refractivity contribution < 1.29 is 9.53 Å². The normalized spacial score (nSPS) is 14.1. The van der Waals surface area contributed by atoms with Crippen LogP contribution >= 0.6 is 0 Å². The van der Waals surface area contributed by atoms with Gasteiger partial charge in [-0.2, -0.15) is 0 Å². The number of hydrogen-bond acceptors (Lipinski definition) is 3. The summed E-state index contributed by atoms with van der Waals surface area (Å²) >= 11 is 0. The second-order valence-electron chi connectivity index (χ2n) is 4.68. The molecule has 3 N–H and O–H groups in total. The van der Waals surface area contributed by atoms with Crippen molar-refractivity contribution in [2.75, 3.05) is 13.2 Å². The summed E-state index contributed by atoms with van der Waals surface area (Å²) in [6.07, 6.45) is 0. The zero-order valence-electron chi connectivity index (χ0n) is 10.5. The summed E-state index contributed by atoms with van der Waals surface area (Å²) in [5, 5.41) is 2.80. The number of rotatable bonds is 6. The van der Waals surface area contributed by atoms with E-state index in [4.69, 9.17) is 10.5 Å². The molecule has 1 atom stereocenters. The Kier molecular flexibility index (Phi) is 5.83. The number of carbonyl (C=O) groups is 1. The smallest absolute Gasteiger partial charge is 0.237 e. The predicted octanol–water partition coefficient (Wildman–Crippen LogP) is 0.901. The summed E-state index contributed by atoms with van der Waals surface area (Å²) in [5.74, 6) is 0.0398. The minimum Gasteiger partial charge on any atom is -0.374 e. The second kappa shape index (κ2) is 6.08. The molecule has 0 aliphatic rings. The van der Waals surface area contributed by atoms with Crippen LogP contribution in [0.15, 0.2) is 0 Å². The quantitative estimate of drug-likeness (QED) is 0.693. The molecule has 0 bridgehead atoms. The van der Waals surface area contributed by atoms with E-state index in [9.17, 15) is 4.79 Å². The van der Waals surface area contributed by atoms with Crippen LogP contribution in [-0.4, -0.2) is 30.7 Å². The van der Waals surface area contributed by atoms with Crippen LogP contribution in [0.4, 0.5) is 0 Å². The number of ether oxygens (including phenoxy) is 1. The first-order valence-corrected chi connectivity index (χ1v) is 5.47. The van der Waals surface area contributed by atoms with Crippen LogP contribution in [0, 0.1) is 5.92 Å².